The number of hydrogen-bond acceptors (Lipinski definition) is 18. The Labute approximate surface area is 647 Å². The Balaban J connectivity index is 0.000000179. The van der Waals surface area contributed by atoms with Crippen LogP contribution in [0.25, 0.3) is 24.2 Å². The highest BCUT2D eigenvalue weighted by Crippen LogP contribution is 2.44. The summed E-state index contributed by atoms with van der Waals surface area (Å²) in [7, 11) is -3.71. The number of halogens is 5. The van der Waals surface area contributed by atoms with Gasteiger partial charge in [0.15, 0.2) is 34.2 Å². The highest BCUT2D eigenvalue weighted by atomic mass is 79.9. The summed E-state index contributed by atoms with van der Waals surface area (Å²) >= 11 is 25.2. The maximum atomic E-state index is 11.0. The van der Waals surface area contributed by atoms with Crippen molar-refractivity contribution in [3.8, 4) is 17.2 Å². The number of β-amino-alcohol motifs (C(OH)–C–C–N with tert-alkyl or cyclic N) is 4. The fourth-order valence-electron chi connectivity index (χ4n) is 9.61. The van der Waals surface area contributed by atoms with E-state index < -0.39 is 27.8 Å². The van der Waals surface area contributed by atoms with Gasteiger partial charge in [-0.2, -0.15) is 0 Å². The van der Waals surface area contributed by atoms with Crippen molar-refractivity contribution in [1.29, 1.82) is 0 Å². The SMILES string of the molecule is CC(C)(C)[Si](C)(C)Oc1ccc(Br)c(Cl)c1.OC1CNC1.[C-]#[N+]c1ccnc(Br)c1.[C-]#[N+]c1ccnc(N2CC(=O)C2)c1.[C-]#[N+]c1ccnc(N2CC(O)(c3ccc(O)cc3Cl)C2)c1.[C-]#[N+]c1ccnc(N2CC(O)(c3ccc(O[Si](C)(C)C(C)(C)C)cc3Cl)C2)c1.[C-]#[N+]c1ccnc(N2CC(O)C2)c1. The molecule has 105 heavy (non-hydrogen) atoms. The Morgan fingerprint density at radius 1 is 0.495 bits per heavy atom. The number of carbonyl (C=O) groups excluding carboxylic acids is 1. The Morgan fingerprint density at radius 3 is 1.15 bits per heavy atom. The van der Waals surface area contributed by atoms with Crippen LogP contribution in [-0.2, 0) is 16.0 Å². The zero-order chi connectivity index (χ0) is 77.2. The van der Waals surface area contributed by atoms with E-state index in [9.17, 15) is 20.1 Å². The smallest absolute Gasteiger partial charge is 0.250 e. The number of anilines is 4. The third kappa shape index (κ3) is 23.3. The lowest BCUT2D eigenvalue weighted by atomic mass is 9.86. The van der Waals surface area contributed by atoms with E-state index in [1.54, 1.807) is 104 Å². The summed E-state index contributed by atoms with van der Waals surface area (Å²) in [6.45, 7) is 61.6. The number of aliphatic hydroxyl groups is 4. The number of aliphatic hydroxyl groups excluding tert-OH is 2. The number of carbonyl (C=O) groups is 1. The predicted molar refractivity (Wildman–Crippen MR) is 426 cm³/mol. The molecule has 5 aromatic heterocycles. The first kappa shape index (κ1) is 83.5. The van der Waals surface area contributed by atoms with Crippen molar-refractivity contribution < 1.29 is 39.2 Å². The van der Waals surface area contributed by atoms with E-state index in [-0.39, 0.29) is 33.8 Å². The zero-order valence-electron chi connectivity index (χ0n) is 59.7. The van der Waals surface area contributed by atoms with Crippen LogP contribution in [0.5, 0.6) is 17.2 Å². The molecule has 5 aliphatic heterocycles. The lowest BCUT2D eigenvalue weighted by molar-refractivity contribution is -0.119. The Kier molecular flexibility index (Phi) is 29.0. The molecule has 0 atom stereocenters. The largest absolute Gasteiger partial charge is 0.543 e. The number of nitrogens with zero attached hydrogens (tertiary/aromatic N) is 14. The molecule has 0 spiro atoms. The Morgan fingerprint density at radius 2 is 0.838 bits per heavy atom. The van der Waals surface area contributed by atoms with Gasteiger partial charge >= 0.3 is 0 Å². The molecule has 13 rings (SSSR count). The topological polar surface area (TPSA) is 248 Å². The second-order valence-corrected chi connectivity index (χ2v) is 40.4. The lowest BCUT2D eigenvalue weighted by Crippen LogP contribution is -2.60. The second kappa shape index (κ2) is 36.5. The van der Waals surface area contributed by atoms with Gasteiger partial charge in [-0.1, -0.05) is 88.5 Å². The third-order valence-corrected chi connectivity index (χ3v) is 28.9. The van der Waals surface area contributed by atoms with Gasteiger partial charge in [-0.3, -0.25) is 9.78 Å². The standard InChI is InChI=1S/C21H26ClN3O2Si.C15H12ClN3O2.C12H18BrClOSi.C9H9N3O.C9H7N3O.C6H3BrN2.C3H7NO/c1-20(2,3)28(5,6)27-16-7-8-17(18(22)12-16)21(26)13-25(14-21)19-11-15(23-4)9-10-24-19;1-17-10-4-5-18-14(6-10)19-8-15(21,9-19)12-3-2-11(20)7-13(12)16;1-12(2,3)16(4,5)15-9-6-7-10(13)11(14)8-9;2*1-10-7-2-3-11-9(4-7)12-5-8(13)6-12;1-8-5-2-3-9-6(7)4-5;5-3-1-4-2-3/h7-12,26H,13-14H2,1-3,5-6H3;2-7,20-21H,8-9H2;6-8H,1-5H3;2-4,8,13H,5-6H2;2-4H,5-6H2;2-4H;3-5H,1-2H2. The first-order valence-corrected chi connectivity index (χ1v) is 41.4. The van der Waals surface area contributed by atoms with Crippen molar-refractivity contribution in [3.05, 3.63) is 239 Å². The first-order valence-electron chi connectivity index (χ1n) is 32.9. The number of hydrogen-bond donors (Lipinski definition) is 6. The molecule has 0 radical (unpaired) electrons. The minimum Gasteiger partial charge on any atom is -0.543 e. The summed E-state index contributed by atoms with van der Waals surface area (Å²) in [5.74, 6) is 4.72. The number of pyridine rings is 5. The van der Waals surface area contributed by atoms with Crippen molar-refractivity contribution in [1.82, 2.24) is 30.2 Å². The van der Waals surface area contributed by atoms with Crippen molar-refractivity contribution in [2.45, 2.75) is 101 Å². The molecule has 0 bridgehead atoms. The summed E-state index contributed by atoms with van der Waals surface area (Å²) in [5, 5.41) is 53.2. The van der Waals surface area contributed by atoms with Crippen LogP contribution in [0.2, 0.25) is 51.3 Å². The highest BCUT2D eigenvalue weighted by molar-refractivity contribution is 9.10. The van der Waals surface area contributed by atoms with Gasteiger partial charge in [-0.15, -0.1) is 0 Å². The zero-order valence-corrected chi connectivity index (χ0v) is 67.1. The third-order valence-electron chi connectivity index (χ3n) is 17.9. The molecule has 0 unspecified atom stereocenters. The average molecular weight is 1640 g/mol. The number of phenolic OH excluding ortho intramolecular Hbond substituents is 1. The number of nitrogens with one attached hydrogen (secondary N) is 1. The lowest BCUT2D eigenvalue weighted by Gasteiger charge is -2.48. The Hall–Kier alpha value is -8.81. The molecule has 0 amide bonds. The van der Waals surface area contributed by atoms with Crippen LogP contribution in [0.3, 0.4) is 0 Å². The van der Waals surface area contributed by atoms with E-state index in [1.165, 1.54) is 12.1 Å². The molecule has 5 fully saturated rings. The number of rotatable bonds is 10. The number of ketones is 1. The van der Waals surface area contributed by atoms with Gasteiger partial charge in [0.05, 0.1) is 104 Å². The molecule has 6 N–H and O–H groups in total. The van der Waals surface area contributed by atoms with Gasteiger partial charge in [-0.05, 0) is 171 Å². The van der Waals surface area contributed by atoms with Gasteiger partial charge in [0, 0.05) is 72.8 Å². The minimum atomic E-state index is -1.95. The maximum absolute atomic E-state index is 11.0. The molecule has 548 valence electrons. The molecule has 30 heteroatoms. The number of Topliss-reactive ketones (excluding diaryl/α,β-unsaturated/α-hetero) is 1. The van der Waals surface area contributed by atoms with Gasteiger partial charge in [0.25, 0.3) is 0 Å². The maximum Gasteiger partial charge on any atom is 0.250 e. The number of benzene rings is 3. The first-order chi connectivity index (χ1) is 49.4. The highest BCUT2D eigenvalue weighted by Gasteiger charge is 2.47. The van der Waals surface area contributed by atoms with Gasteiger partial charge < -0.3 is 59.3 Å². The Bertz CT molecular complexity index is 4570. The fraction of sp³-hybridized carbons (Fsp3) is 0.347. The van der Waals surface area contributed by atoms with E-state index >= 15 is 0 Å². The monoisotopic (exact) mass is 1640 g/mol. The van der Waals surface area contributed by atoms with Crippen LogP contribution in [0.4, 0.5) is 51.7 Å². The summed E-state index contributed by atoms with van der Waals surface area (Å²) in [6, 6.07) is 32.6. The average Bonchev–Trinajstić information content (AvgIpc) is 0.754. The summed E-state index contributed by atoms with van der Waals surface area (Å²) in [5.41, 5.74) is 1.97. The summed E-state index contributed by atoms with van der Waals surface area (Å²) < 4.78 is 14.0. The van der Waals surface area contributed by atoms with Crippen LogP contribution in [0.1, 0.15) is 52.7 Å². The van der Waals surface area contributed by atoms with E-state index in [0.717, 1.165) is 34.9 Å². The van der Waals surface area contributed by atoms with Gasteiger partial charge in [0.2, 0.25) is 16.6 Å². The number of phenols is 1. The van der Waals surface area contributed by atoms with Crippen LogP contribution in [0.15, 0.2) is 155 Å². The van der Waals surface area contributed by atoms with Crippen molar-refractivity contribution in [2.75, 3.05) is 85.0 Å². The van der Waals surface area contributed by atoms with Crippen LogP contribution in [-0.4, -0.2) is 151 Å². The molecular weight excluding hydrogens is 1560 g/mol. The summed E-state index contributed by atoms with van der Waals surface area (Å²) in [6.07, 6.45) is 7.71. The quantitative estimate of drug-likeness (QED) is 0.0423. The fourth-order valence-corrected chi connectivity index (χ4v) is 13.1. The van der Waals surface area contributed by atoms with Crippen molar-refractivity contribution in [3.63, 3.8) is 0 Å². The predicted octanol–water partition coefficient (Wildman–Crippen LogP) is 16.7. The molecule has 5 aliphatic rings. The van der Waals surface area contributed by atoms with E-state index in [4.69, 9.17) is 86.7 Å². The molecule has 5 saturated heterocycles. The molecule has 8 aromatic rings. The molecule has 23 nitrogen and oxygen atoms in total. The number of aromatic hydroxyl groups is 1. The molecule has 10 heterocycles. The minimum absolute atomic E-state index is 0.0463. The molecule has 0 aliphatic carbocycles. The molecule has 0 saturated carbocycles. The van der Waals surface area contributed by atoms with E-state index in [2.05, 4.69) is 154 Å². The van der Waals surface area contributed by atoms with Gasteiger partial charge in [0.1, 0.15) is 51.7 Å². The normalized spacial score (nSPS) is 15.4. The van der Waals surface area contributed by atoms with Crippen LogP contribution >= 0.6 is 66.7 Å². The van der Waals surface area contributed by atoms with E-state index in [1.807, 2.05) is 49.9 Å². The van der Waals surface area contributed by atoms with Crippen LogP contribution in [0, 0.1) is 32.9 Å². The van der Waals surface area contributed by atoms with Crippen LogP contribution < -0.4 is 33.8 Å². The van der Waals surface area contributed by atoms with Gasteiger partial charge in [-0.25, -0.2) is 44.2 Å². The summed E-state index contributed by atoms with van der Waals surface area (Å²) in [4.78, 5) is 55.5. The van der Waals surface area contributed by atoms with Crippen molar-refractivity contribution >= 4 is 141 Å². The van der Waals surface area contributed by atoms with E-state index in [0.29, 0.717) is 129 Å². The molecular formula is C75H82Br2Cl3N15O8Si2. The van der Waals surface area contributed by atoms with Crippen molar-refractivity contribution in [2.24, 2.45) is 0 Å². The molecule has 3 aromatic carbocycles. The second-order valence-electron chi connectivity index (χ2n) is 28.0. The number of aromatic nitrogens is 5.